The highest BCUT2D eigenvalue weighted by Gasteiger charge is 2.27. The minimum absolute atomic E-state index is 0.0823. The molecule has 1 aliphatic rings. The molecule has 4 heterocycles. The van der Waals surface area contributed by atoms with Gasteiger partial charge in [0.2, 0.25) is 0 Å². The van der Waals surface area contributed by atoms with Gasteiger partial charge in [-0.25, -0.2) is 4.98 Å². The zero-order chi connectivity index (χ0) is 19.5. The minimum atomic E-state index is 0.0823. The highest BCUT2D eigenvalue weighted by atomic mass is 16.2. The Hall–Kier alpha value is -2.96. The van der Waals surface area contributed by atoms with Gasteiger partial charge in [-0.05, 0) is 50.8 Å². The number of piperidine rings is 1. The van der Waals surface area contributed by atoms with Crippen molar-refractivity contribution in [2.45, 2.75) is 39.8 Å². The first kappa shape index (κ1) is 18.4. The van der Waals surface area contributed by atoms with Crippen LogP contribution in [0.2, 0.25) is 0 Å². The molecule has 1 saturated heterocycles. The highest BCUT2D eigenvalue weighted by Crippen LogP contribution is 2.25. The number of aromatic nitrogens is 5. The van der Waals surface area contributed by atoms with E-state index >= 15 is 0 Å². The van der Waals surface area contributed by atoms with E-state index in [-0.39, 0.29) is 5.91 Å². The molecule has 1 atom stereocenters. The molecule has 1 unspecified atom stereocenters. The van der Waals surface area contributed by atoms with Crippen LogP contribution in [0.4, 0.5) is 0 Å². The first-order valence-corrected chi connectivity index (χ1v) is 9.91. The van der Waals surface area contributed by atoms with Gasteiger partial charge in [0.1, 0.15) is 11.5 Å². The monoisotopic (exact) mass is 378 g/mol. The molecular weight excluding hydrogens is 352 g/mol. The van der Waals surface area contributed by atoms with E-state index in [4.69, 9.17) is 0 Å². The predicted octanol–water partition coefficient (Wildman–Crippen LogP) is 3.02. The number of nitrogens with zero attached hydrogens (tertiary/aromatic N) is 6. The molecule has 0 spiro atoms. The minimum Gasteiger partial charge on any atom is -0.337 e. The molecule has 0 aliphatic carbocycles. The number of imidazole rings is 1. The summed E-state index contributed by atoms with van der Waals surface area (Å²) in [5.41, 5.74) is 2.83. The van der Waals surface area contributed by atoms with Crippen molar-refractivity contribution < 1.29 is 4.79 Å². The van der Waals surface area contributed by atoms with Crippen molar-refractivity contribution in [2.75, 3.05) is 13.1 Å². The normalized spacial score (nSPS) is 17.1. The van der Waals surface area contributed by atoms with Crippen LogP contribution in [0, 0.1) is 12.8 Å². The van der Waals surface area contributed by atoms with Crippen LogP contribution in [0.3, 0.4) is 0 Å². The number of hydrogen-bond acceptors (Lipinski definition) is 4. The highest BCUT2D eigenvalue weighted by molar-refractivity contribution is 5.92. The summed E-state index contributed by atoms with van der Waals surface area (Å²) in [5.74, 6) is 1.43. The number of rotatable bonds is 5. The van der Waals surface area contributed by atoms with Gasteiger partial charge in [-0.15, -0.1) is 0 Å². The van der Waals surface area contributed by atoms with Gasteiger partial charge in [-0.3, -0.25) is 14.5 Å². The van der Waals surface area contributed by atoms with E-state index in [9.17, 15) is 4.79 Å². The number of carbonyl (C=O) groups is 1. The van der Waals surface area contributed by atoms with E-state index in [0.29, 0.717) is 18.2 Å². The number of carbonyl (C=O) groups excluding carboxylic acids is 1. The summed E-state index contributed by atoms with van der Waals surface area (Å²) in [7, 11) is 0. The molecule has 0 N–H and O–H groups in total. The van der Waals surface area contributed by atoms with E-state index in [1.807, 2.05) is 42.4 Å². The summed E-state index contributed by atoms with van der Waals surface area (Å²) in [6.07, 6.45) is 9.37. The molecule has 4 rings (SSSR count). The standard InChI is InChI=1S/C21H26N6O/c1-3-27-19(8-10-24-27)21(28)25-11-5-6-17(14-25)15-26-16(2)12-23-20(26)18-7-4-9-22-13-18/h4,7-10,12-13,17H,3,5-6,11,14-15H2,1-2H3. The average molecular weight is 378 g/mol. The maximum Gasteiger partial charge on any atom is 0.272 e. The lowest BCUT2D eigenvalue weighted by atomic mass is 9.97. The Morgan fingerprint density at radius 1 is 1.25 bits per heavy atom. The number of pyridine rings is 1. The topological polar surface area (TPSA) is 68.8 Å². The van der Waals surface area contributed by atoms with E-state index in [2.05, 4.69) is 26.6 Å². The Labute approximate surface area is 165 Å². The van der Waals surface area contributed by atoms with Crippen LogP contribution in [0.25, 0.3) is 11.4 Å². The van der Waals surface area contributed by atoms with Gasteiger partial charge in [0, 0.05) is 62.2 Å². The lowest BCUT2D eigenvalue weighted by Crippen LogP contribution is -2.42. The van der Waals surface area contributed by atoms with Gasteiger partial charge in [-0.2, -0.15) is 5.10 Å². The summed E-state index contributed by atoms with van der Waals surface area (Å²) in [6.45, 7) is 7.21. The van der Waals surface area contributed by atoms with Crippen LogP contribution in [0.1, 0.15) is 35.9 Å². The van der Waals surface area contributed by atoms with E-state index in [1.165, 1.54) is 0 Å². The molecule has 0 radical (unpaired) electrons. The predicted molar refractivity (Wildman–Crippen MR) is 107 cm³/mol. The molecular formula is C21H26N6O. The Bertz CT molecular complexity index is 945. The first-order chi connectivity index (χ1) is 13.7. The summed E-state index contributed by atoms with van der Waals surface area (Å²) < 4.78 is 4.03. The molecule has 0 bridgehead atoms. The fourth-order valence-corrected chi connectivity index (χ4v) is 4.00. The lowest BCUT2D eigenvalue weighted by molar-refractivity contribution is 0.0650. The molecule has 3 aromatic heterocycles. The molecule has 1 fully saturated rings. The van der Waals surface area contributed by atoms with Gasteiger partial charge >= 0.3 is 0 Å². The number of aryl methyl sites for hydroxylation is 2. The van der Waals surface area contributed by atoms with Gasteiger partial charge in [-0.1, -0.05) is 0 Å². The van der Waals surface area contributed by atoms with Crippen LogP contribution in [0.5, 0.6) is 0 Å². The third-order valence-electron chi connectivity index (χ3n) is 5.46. The molecule has 7 nitrogen and oxygen atoms in total. The van der Waals surface area contributed by atoms with Gasteiger partial charge < -0.3 is 9.47 Å². The summed E-state index contributed by atoms with van der Waals surface area (Å²) in [6, 6.07) is 5.78. The van der Waals surface area contributed by atoms with E-state index in [1.54, 1.807) is 17.1 Å². The molecule has 7 heteroatoms. The van der Waals surface area contributed by atoms with Gasteiger partial charge in [0.15, 0.2) is 0 Å². The molecule has 0 saturated carbocycles. The Balaban J connectivity index is 1.51. The second-order valence-electron chi connectivity index (χ2n) is 7.37. The van der Waals surface area contributed by atoms with Crippen molar-refractivity contribution in [3.63, 3.8) is 0 Å². The SMILES string of the molecule is CCn1nccc1C(=O)N1CCCC(Cn2c(C)cnc2-c2cccnc2)C1. The van der Waals surface area contributed by atoms with E-state index in [0.717, 1.165) is 49.6 Å². The van der Waals surface area contributed by atoms with Crippen LogP contribution < -0.4 is 0 Å². The summed E-state index contributed by atoms with van der Waals surface area (Å²) >= 11 is 0. The molecule has 28 heavy (non-hydrogen) atoms. The molecule has 0 aromatic carbocycles. The van der Waals surface area contributed by atoms with Crippen LogP contribution >= 0.6 is 0 Å². The molecule has 1 aliphatic heterocycles. The van der Waals surface area contributed by atoms with Crippen molar-refractivity contribution in [1.82, 2.24) is 29.2 Å². The second-order valence-corrected chi connectivity index (χ2v) is 7.37. The third-order valence-corrected chi connectivity index (χ3v) is 5.46. The fourth-order valence-electron chi connectivity index (χ4n) is 4.00. The third kappa shape index (κ3) is 3.56. The summed E-state index contributed by atoms with van der Waals surface area (Å²) in [5, 5.41) is 4.24. The van der Waals surface area contributed by atoms with Crippen LogP contribution in [-0.4, -0.2) is 48.2 Å². The number of amides is 1. The van der Waals surface area contributed by atoms with Crippen LogP contribution in [-0.2, 0) is 13.1 Å². The molecule has 1 amide bonds. The number of likely N-dealkylation sites (tertiary alicyclic amines) is 1. The van der Waals surface area contributed by atoms with Crippen molar-refractivity contribution in [1.29, 1.82) is 0 Å². The van der Waals surface area contributed by atoms with Crippen molar-refractivity contribution in [3.8, 4) is 11.4 Å². The maximum atomic E-state index is 13.0. The van der Waals surface area contributed by atoms with Crippen molar-refractivity contribution in [2.24, 2.45) is 5.92 Å². The summed E-state index contributed by atoms with van der Waals surface area (Å²) in [4.78, 5) is 23.8. The number of hydrogen-bond donors (Lipinski definition) is 0. The van der Waals surface area contributed by atoms with Gasteiger partial charge in [0.05, 0.1) is 0 Å². The smallest absolute Gasteiger partial charge is 0.272 e. The molecule has 146 valence electrons. The van der Waals surface area contributed by atoms with Crippen molar-refractivity contribution >= 4 is 5.91 Å². The van der Waals surface area contributed by atoms with E-state index < -0.39 is 0 Å². The zero-order valence-electron chi connectivity index (χ0n) is 16.5. The quantitative estimate of drug-likeness (QED) is 0.684. The van der Waals surface area contributed by atoms with Crippen LogP contribution in [0.15, 0.2) is 43.0 Å². The largest absolute Gasteiger partial charge is 0.337 e. The second kappa shape index (κ2) is 7.96. The first-order valence-electron chi connectivity index (χ1n) is 9.91. The average Bonchev–Trinajstić information content (AvgIpc) is 3.35. The van der Waals surface area contributed by atoms with Crippen molar-refractivity contribution in [3.05, 3.63) is 54.4 Å². The Morgan fingerprint density at radius 3 is 2.93 bits per heavy atom. The molecule has 3 aromatic rings. The maximum absolute atomic E-state index is 13.0. The lowest BCUT2D eigenvalue weighted by Gasteiger charge is -2.33. The zero-order valence-corrected chi connectivity index (χ0v) is 16.5. The Kier molecular flexibility index (Phi) is 5.23. The van der Waals surface area contributed by atoms with Gasteiger partial charge in [0.25, 0.3) is 5.91 Å². The fraction of sp³-hybridized carbons (Fsp3) is 0.429. The Morgan fingerprint density at radius 2 is 2.14 bits per heavy atom.